The number of likely N-dealkylation sites (tertiary alicyclic amines) is 1. The van der Waals surface area contributed by atoms with Crippen molar-refractivity contribution in [1.82, 2.24) is 20.3 Å². The van der Waals surface area contributed by atoms with E-state index in [0.29, 0.717) is 18.0 Å². The number of amides is 2. The van der Waals surface area contributed by atoms with E-state index >= 15 is 0 Å². The molecule has 3 heterocycles. The van der Waals surface area contributed by atoms with E-state index in [-0.39, 0.29) is 30.7 Å². The number of carbonyl (C=O) groups excluding carboxylic acids is 2. The van der Waals surface area contributed by atoms with Crippen molar-refractivity contribution in [3.8, 4) is 0 Å². The molecule has 2 aliphatic rings. The average Bonchev–Trinajstić information content (AvgIpc) is 3.51. The first-order chi connectivity index (χ1) is 16.7. The highest BCUT2D eigenvalue weighted by molar-refractivity contribution is 8.08. The van der Waals surface area contributed by atoms with Gasteiger partial charge in [0.05, 0.1) is 17.7 Å². The quantitative estimate of drug-likeness (QED) is 0.604. The Morgan fingerprint density at radius 1 is 1.26 bits per heavy atom. The Hall–Kier alpha value is -2.78. The summed E-state index contributed by atoms with van der Waals surface area (Å²) in [5.41, 5.74) is 4.11. The van der Waals surface area contributed by atoms with E-state index in [4.69, 9.17) is 4.52 Å². The molecule has 0 spiro atoms. The van der Waals surface area contributed by atoms with Gasteiger partial charge < -0.3 is 24.7 Å². The number of β-amino-alcohol motifs (C(OH)–C–C–N with tert-alkyl or cyclic N) is 1. The lowest BCUT2D eigenvalue weighted by Crippen LogP contribution is -2.48. The number of hydrogen-bond donors (Lipinski definition) is 2. The van der Waals surface area contributed by atoms with Crippen LogP contribution in [0.1, 0.15) is 55.7 Å². The fraction of sp³-hybridized carbons (Fsp3) is 0.500. The number of nitrogens with one attached hydrogen (secondary N) is 1. The molecule has 0 saturated carbocycles. The number of hydrogen-bond acceptors (Lipinski definition) is 7. The molecule has 4 rings (SSSR count). The Morgan fingerprint density at radius 2 is 1.97 bits per heavy atom. The summed E-state index contributed by atoms with van der Waals surface area (Å²) in [5, 5.41) is 17.2. The average molecular weight is 499 g/mol. The van der Waals surface area contributed by atoms with Gasteiger partial charge in [0.2, 0.25) is 11.8 Å². The molecule has 0 unspecified atom stereocenters. The SMILES string of the molecule is CC1=C(c2ccc(CNC(=O)[C@@H]3C[C@@H](O)CN3C(=O)[C@H](c3cc(C)no3)C(C)C)cc2)SCN1C. The summed E-state index contributed by atoms with van der Waals surface area (Å²) < 4.78 is 5.39. The molecule has 35 heavy (non-hydrogen) atoms. The number of allylic oxidation sites excluding steroid dienone is 1. The minimum Gasteiger partial charge on any atom is -0.391 e. The maximum Gasteiger partial charge on any atom is 0.243 e. The van der Waals surface area contributed by atoms with Crippen LogP contribution in [0.3, 0.4) is 0 Å². The normalized spacial score (nSPS) is 21.2. The number of rotatable bonds is 7. The highest BCUT2D eigenvalue weighted by Crippen LogP contribution is 2.38. The van der Waals surface area contributed by atoms with Crippen LogP contribution in [0.2, 0.25) is 0 Å². The first-order valence-corrected chi connectivity index (χ1v) is 13.0. The van der Waals surface area contributed by atoms with Crippen molar-refractivity contribution in [2.75, 3.05) is 19.5 Å². The lowest BCUT2D eigenvalue weighted by Gasteiger charge is -2.28. The molecule has 188 valence electrons. The molecule has 1 saturated heterocycles. The molecular formula is C26H34N4O4S. The first kappa shape index (κ1) is 25.3. The van der Waals surface area contributed by atoms with Gasteiger partial charge in [0, 0.05) is 43.2 Å². The molecule has 0 bridgehead atoms. The molecular weight excluding hydrogens is 464 g/mol. The zero-order chi connectivity index (χ0) is 25.3. The molecule has 2 aliphatic heterocycles. The highest BCUT2D eigenvalue weighted by Gasteiger charge is 2.43. The molecule has 2 aromatic rings. The number of aliphatic hydroxyl groups is 1. The molecule has 3 atom stereocenters. The van der Waals surface area contributed by atoms with E-state index in [1.807, 2.05) is 37.7 Å². The second kappa shape index (κ2) is 10.5. The molecule has 2 N–H and O–H groups in total. The van der Waals surface area contributed by atoms with E-state index in [0.717, 1.165) is 11.4 Å². The third-order valence-electron chi connectivity index (χ3n) is 6.74. The molecule has 1 aromatic carbocycles. The van der Waals surface area contributed by atoms with E-state index in [1.165, 1.54) is 21.1 Å². The second-order valence-electron chi connectivity index (χ2n) is 9.79. The summed E-state index contributed by atoms with van der Waals surface area (Å²) in [5.74, 6) is 0.345. The lowest BCUT2D eigenvalue weighted by atomic mass is 9.91. The number of nitrogens with zero attached hydrogens (tertiary/aromatic N) is 3. The van der Waals surface area contributed by atoms with Crippen molar-refractivity contribution in [1.29, 1.82) is 0 Å². The Labute approximate surface area is 210 Å². The van der Waals surface area contributed by atoms with Crippen LogP contribution < -0.4 is 5.32 Å². The van der Waals surface area contributed by atoms with E-state index in [2.05, 4.69) is 41.5 Å². The smallest absolute Gasteiger partial charge is 0.243 e. The van der Waals surface area contributed by atoms with E-state index < -0.39 is 18.1 Å². The fourth-order valence-corrected chi connectivity index (χ4v) is 5.84. The number of aliphatic hydroxyl groups excluding tert-OH is 1. The zero-order valence-corrected chi connectivity index (χ0v) is 21.8. The van der Waals surface area contributed by atoms with Crippen LogP contribution >= 0.6 is 11.8 Å². The fourth-order valence-electron chi connectivity index (χ4n) is 4.66. The summed E-state index contributed by atoms with van der Waals surface area (Å²) in [6, 6.07) is 9.22. The second-order valence-corrected chi connectivity index (χ2v) is 10.7. The van der Waals surface area contributed by atoms with E-state index in [1.54, 1.807) is 13.0 Å². The Morgan fingerprint density at radius 3 is 2.54 bits per heavy atom. The summed E-state index contributed by atoms with van der Waals surface area (Å²) in [6.45, 7) is 8.28. The van der Waals surface area contributed by atoms with Gasteiger partial charge >= 0.3 is 0 Å². The largest absolute Gasteiger partial charge is 0.391 e. The van der Waals surface area contributed by atoms with E-state index in [9.17, 15) is 14.7 Å². The standard InChI is InChI=1S/C26H34N4O4S/c1-15(2)23(22-10-16(3)28-34-22)26(33)30-13-20(31)11-21(30)25(32)27-12-18-6-8-19(9-7-18)24-17(4)29(5)14-35-24/h6-10,15,20-21,23,31H,11-14H2,1-5H3,(H,27,32)/t20-,21+,23+/m1/s1. The predicted molar refractivity (Wildman–Crippen MR) is 136 cm³/mol. The highest BCUT2D eigenvalue weighted by atomic mass is 32.2. The number of aryl methyl sites for hydroxylation is 1. The summed E-state index contributed by atoms with van der Waals surface area (Å²) >= 11 is 1.82. The van der Waals surface area contributed by atoms with Crippen molar-refractivity contribution in [2.45, 2.75) is 58.7 Å². The van der Waals surface area contributed by atoms with Gasteiger partial charge in [-0.15, -0.1) is 11.8 Å². The van der Waals surface area contributed by atoms with Crippen molar-refractivity contribution in [2.24, 2.45) is 5.92 Å². The summed E-state index contributed by atoms with van der Waals surface area (Å²) in [7, 11) is 2.09. The maximum atomic E-state index is 13.5. The van der Waals surface area contributed by atoms with Crippen molar-refractivity contribution < 1.29 is 19.2 Å². The third kappa shape index (κ3) is 5.41. The van der Waals surface area contributed by atoms with Crippen LogP contribution in [0.25, 0.3) is 4.91 Å². The number of carbonyl (C=O) groups is 2. The Balaban J connectivity index is 1.42. The first-order valence-electron chi connectivity index (χ1n) is 12.0. The van der Waals surface area contributed by atoms with Crippen LogP contribution in [0, 0.1) is 12.8 Å². The van der Waals surface area contributed by atoms with Gasteiger partial charge in [-0.3, -0.25) is 9.59 Å². The monoisotopic (exact) mass is 498 g/mol. The number of thioether (sulfide) groups is 1. The third-order valence-corrected chi connectivity index (χ3v) is 8.07. The van der Waals surface area contributed by atoms with Gasteiger partial charge in [-0.1, -0.05) is 43.3 Å². The minimum absolute atomic E-state index is 0.0496. The van der Waals surface area contributed by atoms with Crippen molar-refractivity contribution >= 4 is 28.5 Å². The molecule has 1 aromatic heterocycles. The maximum absolute atomic E-state index is 13.5. The topological polar surface area (TPSA) is 98.9 Å². The van der Waals surface area contributed by atoms with Gasteiger partial charge in [-0.05, 0) is 30.9 Å². The molecule has 0 aliphatic carbocycles. The van der Waals surface area contributed by atoms with Crippen LogP contribution in [0.4, 0.5) is 0 Å². The van der Waals surface area contributed by atoms with Gasteiger partial charge in [0.1, 0.15) is 17.7 Å². The minimum atomic E-state index is -0.739. The van der Waals surface area contributed by atoms with Gasteiger partial charge in [-0.25, -0.2) is 0 Å². The molecule has 1 fully saturated rings. The zero-order valence-electron chi connectivity index (χ0n) is 20.9. The molecule has 0 radical (unpaired) electrons. The lowest BCUT2D eigenvalue weighted by molar-refractivity contribution is -0.141. The molecule has 8 nitrogen and oxygen atoms in total. The summed E-state index contributed by atoms with van der Waals surface area (Å²) in [6.07, 6.45) is -0.522. The van der Waals surface area contributed by atoms with Crippen molar-refractivity contribution in [3.05, 3.63) is 58.6 Å². The van der Waals surface area contributed by atoms with Crippen molar-refractivity contribution in [3.63, 3.8) is 0 Å². The Kier molecular flexibility index (Phi) is 7.56. The summed E-state index contributed by atoms with van der Waals surface area (Å²) in [4.78, 5) is 31.6. The Bertz CT molecular complexity index is 1110. The van der Waals surface area contributed by atoms with Crippen LogP contribution in [0.5, 0.6) is 0 Å². The number of aromatic nitrogens is 1. The van der Waals surface area contributed by atoms with Crippen LogP contribution in [0.15, 0.2) is 40.6 Å². The van der Waals surface area contributed by atoms with Crippen LogP contribution in [-0.2, 0) is 16.1 Å². The van der Waals surface area contributed by atoms with Gasteiger partial charge in [0.15, 0.2) is 0 Å². The van der Waals surface area contributed by atoms with Gasteiger partial charge in [0.25, 0.3) is 0 Å². The molecule has 2 amide bonds. The van der Waals surface area contributed by atoms with Gasteiger partial charge in [-0.2, -0.15) is 0 Å². The molecule has 9 heteroatoms. The number of benzene rings is 1. The van der Waals surface area contributed by atoms with Crippen LogP contribution in [-0.4, -0.2) is 63.5 Å². The predicted octanol–water partition coefficient (Wildman–Crippen LogP) is 3.33.